The Hall–Kier alpha value is 0.270. The standard InChI is InChI=1S/C9H21NOS/c1-8(2)9(7-12)6-10(3)4-5-11/h8-9,11-12H,4-7H2,1-3H3. The minimum Gasteiger partial charge on any atom is -0.395 e. The van der Waals surface area contributed by atoms with Gasteiger partial charge in [-0.2, -0.15) is 12.6 Å². The van der Waals surface area contributed by atoms with E-state index in [1.807, 2.05) is 7.05 Å². The Morgan fingerprint density at radius 1 is 1.42 bits per heavy atom. The van der Waals surface area contributed by atoms with Gasteiger partial charge in [0.25, 0.3) is 0 Å². The Kier molecular flexibility index (Phi) is 6.90. The summed E-state index contributed by atoms with van der Waals surface area (Å²) >= 11 is 4.31. The summed E-state index contributed by atoms with van der Waals surface area (Å²) in [5.41, 5.74) is 0. The van der Waals surface area contributed by atoms with Crippen molar-refractivity contribution in [2.24, 2.45) is 11.8 Å². The van der Waals surface area contributed by atoms with Crippen molar-refractivity contribution in [2.45, 2.75) is 13.8 Å². The molecule has 2 nitrogen and oxygen atoms in total. The number of nitrogens with zero attached hydrogens (tertiary/aromatic N) is 1. The molecule has 0 spiro atoms. The average molecular weight is 191 g/mol. The Morgan fingerprint density at radius 2 is 2.00 bits per heavy atom. The summed E-state index contributed by atoms with van der Waals surface area (Å²) in [6.07, 6.45) is 0. The van der Waals surface area contributed by atoms with Gasteiger partial charge in [-0.15, -0.1) is 0 Å². The maximum atomic E-state index is 8.70. The van der Waals surface area contributed by atoms with E-state index >= 15 is 0 Å². The summed E-state index contributed by atoms with van der Waals surface area (Å²) in [6.45, 7) is 6.47. The van der Waals surface area contributed by atoms with Gasteiger partial charge < -0.3 is 10.0 Å². The van der Waals surface area contributed by atoms with Crippen molar-refractivity contribution < 1.29 is 5.11 Å². The van der Waals surface area contributed by atoms with Crippen molar-refractivity contribution in [3.8, 4) is 0 Å². The van der Waals surface area contributed by atoms with Crippen LogP contribution in [0.3, 0.4) is 0 Å². The molecule has 0 bridgehead atoms. The van der Waals surface area contributed by atoms with Crippen molar-refractivity contribution in [3.05, 3.63) is 0 Å². The van der Waals surface area contributed by atoms with Crippen LogP contribution in [0.25, 0.3) is 0 Å². The molecule has 0 aromatic heterocycles. The molecule has 1 N–H and O–H groups in total. The molecule has 1 unspecified atom stereocenters. The molecule has 0 radical (unpaired) electrons. The third kappa shape index (κ3) is 5.01. The van der Waals surface area contributed by atoms with E-state index in [1.165, 1.54) is 0 Å². The lowest BCUT2D eigenvalue weighted by molar-refractivity contribution is 0.193. The van der Waals surface area contributed by atoms with E-state index < -0.39 is 0 Å². The smallest absolute Gasteiger partial charge is 0.0558 e. The van der Waals surface area contributed by atoms with E-state index in [0.29, 0.717) is 11.8 Å². The lowest BCUT2D eigenvalue weighted by Crippen LogP contribution is -2.31. The Bertz CT molecular complexity index is 109. The molecule has 0 amide bonds. The molecule has 0 rings (SSSR count). The van der Waals surface area contributed by atoms with Gasteiger partial charge in [-0.1, -0.05) is 13.8 Å². The van der Waals surface area contributed by atoms with Gasteiger partial charge in [-0.05, 0) is 24.6 Å². The fourth-order valence-electron chi connectivity index (χ4n) is 1.14. The molecular weight excluding hydrogens is 170 g/mol. The predicted octanol–water partition coefficient (Wildman–Crippen LogP) is 1.11. The van der Waals surface area contributed by atoms with Gasteiger partial charge in [0.05, 0.1) is 6.61 Å². The molecule has 12 heavy (non-hydrogen) atoms. The van der Waals surface area contributed by atoms with E-state index in [9.17, 15) is 0 Å². The van der Waals surface area contributed by atoms with Crippen LogP contribution in [0.4, 0.5) is 0 Å². The van der Waals surface area contributed by atoms with E-state index in [-0.39, 0.29) is 6.61 Å². The highest BCUT2D eigenvalue weighted by Gasteiger charge is 2.13. The lowest BCUT2D eigenvalue weighted by Gasteiger charge is -2.24. The zero-order valence-corrected chi connectivity index (χ0v) is 9.22. The van der Waals surface area contributed by atoms with Crippen molar-refractivity contribution >= 4 is 12.6 Å². The minimum absolute atomic E-state index is 0.244. The van der Waals surface area contributed by atoms with E-state index in [4.69, 9.17) is 5.11 Å². The van der Waals surface area contributed by atoms with E-state index in [0.717, 1.165) is 18.8 Å². The summed E-state index contributed by atoms with van der Waals surface area (Å²) in [6, 6.07) is 0. The van der Waals surface area contributed by atoms with Crippen LogP contribution in [0.1, 0.15) is 13.8 Å². The Morgan fingerprint density at radius 3 is 2.33 bits per heavy atom. The zero-order valence-electron chi connectivity index (χ0n) is 8.32. The number of hydrogen-bond donors (Lipinski definition) is 2. The third-order valence-electron chi connectivity index (χ3n) is 2.21. The van der Waals surface area contributed by atoms with Crippen LogP contribution in [-0.4, -0.2) is 42.5 Å². The van der Waals surface area contributed by atoms with Crippen LogP contribution < -0.4 is 0 Å². The summed E-state index contributed by atoms with van der Waals surface area (Å²) in [7, 11) is 2.04. The summed E-state index contributed by atoms with van der Waals surface area (Å²) in [5.74, 6) is 2.22. The average Bonchev–Trinajstić information content (AvgIpc) is 2.00. The fraction of sp³-hybridized carbons (Fsp3) is 1.00. The van der Waals surface area contributed by atoms with Gasteiger partial charge in [0.2, 0.25) is 0 Å². The molecular formula is C9H21NOS. The summed E-state index contributed by atoms with van der Waals surface area (Å²) in [4.78, 5) is 2.15. The van der Waals surface area contributed by atoms with Crippen molar-refractivity contribution in [3.63, 3.8) is 0 Å². The molecule has 74 valence electrons. The molecule has 0 aromatic rings. The second kappa shape index (κ2) is 6.75. The van der Waals surface area contributed by atoms with Crippen LogP contribution in [0.5, 0.6) is 0 Å². The third-order valence-corrected chi connectivity index (χ3v) is 2.67. The van der Waals surface area contributed by atoms with Crippen molar-refractivity contribution in [1.82, 2.24) is 4.90 Å². The van der Waals surface area contributed by atoms with Gasteiger partial charge >= 0.3 is 0 Å². The maximum Gasteiger partial charge on any atom is 0.0558 e. The number of rotatable bonds is 6. The van der Waals surface area contributed by atoms with E-state index in [2.05, 4.69) is 31.4 Å². The Labute approximate surface area is 81.4 Å². The summed E-state index contributed by atoms with van der Waals surface area (Å²) in [5, 5.41) is 8.70. The minimum atomic E-state index is 0.244. The zero-order chi connectivity index (χ0) is 9.56. The molecule has 0 aromatic carbocycles. The molecule has 1 atom stereocenters. The number of likely N-dealkylation sites (N-methyl/N-ethyl adjacent to an activating group) is 1. The van der Waals surface area contributed by atoms with Crippen LogP contribution in [-0.2, 0) is 0 Å². The highest BCUT2D eigenvalue weighted by Crippen LogP contribution is 2.13. The molecule has 0 saturated carbocycles. The van der Waals surface area contributed by atoms with Gasteiger partial charge in [-0.3, -0.25) is 0 Å². The molecule has 3 heteroatoms. The van der Waals surface area contributed by atoms with Crippen molar-refractivity contribution in [2.75, 3.05) is 32.5 Å². The predicted molar refractivity (Wildman–Crippen MR) is 56.8 cm³/mol. The monoisotopic (exact) mass is 191 g/mol. The van der Waals surface area contributed by atoms with Crippen LogP contribution in [0.15, 0.2) is 0 Å². The van der Waals surface area contributed by atoms with Gasteiger partial charge in [0.15, 0.2) is 0 Å². The Balaban J connectivity index is 3.69. The fourth-order valence-corrected chi connectivity index (χ4v) is 1.68. The number of aliphatic hydroxyl groups excluding tert-OH is 1. The van der Waals surface area contributed by atoms with Gasteiger partial charge in [0, 0.05) is 13.1 Å². The molecule has 0 fully saturated rings. The first kappa shape index (κ1) is 12.3. The van der Waals surface area contributed by atoms with Gasteiger partial charge in [-0.25, -0.2) is 0 Å². The topological polar surface area (TPSA) is 23.5 Å². The quantitative estimate of drug-likeness (QED) is 0.615. The molecule has 0 saturated heterocycles. The molecule has 0 aliphatic rings. The number of aliphatic hydroxyl groups is 1. The maximum absolute atomic E-state index is 8.70. The first-order valence-corrected chi connectivity index (χ1v) is 5.15. The van der Waals surface area contributed by atoms with E-state index in [1.54, 1.807) is 0 Å². The van der Waals surface area contributed by atoms with Crippen LogP contribution >= 0.6 is 12.6 Å². The second-order valence-corrected chi connectivity index (χ2v) is 4.04. The van der Waals surface area contributed by atoms with Crippen LogP contribution in [0, 0.1) is 11.8 Å². The van der Waals surface area contributed by atoms with Crippen molar-refractivity contribution in [1.29, 1.82) is 0 Å². The number of thiol groups is 1. The highest BCUT2D eigenvalue weighted by atomic mass is 32.1. The highest BCUT2D eigenvalue weighted by molar-refractivity contribution is 7.80. The first-order chi connectivity index (χ1) is 5.61. The van der Waals surface area contributed by atoms with Crippen LogP contribution in [0.2, 0.25) is 0 Å². The number of hydrogen-bond acceptors (Lipinski definition) is 3. The SMILES string of the molecule is CC(C)C(CS)CN(C)CCO. The molecule has 0 aliphatic heterocycles. The molecule has 0 aliphatic carbocycles. The molecule has 0 heterocycles. The normalized spacial score (nSPS) is 14.2. The second-order valence-electron chi connectivity index (χ2n) is 3.67. The lowest BCUT2D eigenvalue weighted by atomic mass is 9.97. The largest absolute Gasteiger partial charge is 0.395 e. The first-order valence-electron chi connectivity index (χ1n) is 4.52. The van der Waals surface area contributed by atoms with Gasteiger partial charge in [0.1, 0.15) is 0 Å². The summed E-state index contributed by atoms with van der Waals surface area (Å²) < 4.78 is 0.